The molecule has 2 N–H and O–H groups in total. The van der Waals surface area contributed by atoms with E-state index < -0.39 is 0 Å². The van der Waals surface area contributed by atoms with Gasteiger partial charge in [0.25, 0.3) is 0 Å². The monoisotopic (exact) mass is 260 g/mol. The van der Waals surface area contributed by atoms with Gasteiger partial charge in [0.2, 0.25) is 0 Å². The van der Waals surface area contributed by atoms with E-state index in [4.69, 9.17) is 5.73 Å². The van der Waals surface area contributed by atoms with Gasteiger partial charge < -0.3 is 10.6 Å². The molecule has 0 aliphatic carbocycles. The molecule has 0 radical (unpaired) electrons. The molecule has 1 aliphatic rings. The minimum absolute atomic E-state index is 0.492. The Morgan fingerprint density at radius 1 is 1.16 bits per heavy atom. The van der Waals surface area contributed by atoms with E-state index in [9.17, 15) is 0 Å². The zero-order valence-electron chi connectivity index (χ0n) is 12.6. The first-order valence-electron chi connectivity index (χ1n) is 7.60. The van der Waals surface area contributed by atoms with Gasteiger partial charge in [0, 0.05) is 0 Å². The van der Waals surface area contributed by atoms with Crippen LogP contribution in [0, 0.1) is 5.92 Å². The Kier molecular flexibility index (Phi) is 5.00. The van der Waals surface area contributed by atoms with Crippen molar-refractivity contribution in [3.05, 3.63) is 35.4 Å². The van der Waals surface area contributed by atoms with Gasteiger partial charge in [-0.2, -0.15) is 0 Å². The molecule has 1 aromatic rings. The molecule has 1 atom stereocenters. The van der Waals surface area contributed by atoms with E-state index in [0.29, 0.717) is 11.8 Å². The lowest BCUT2D eigenvalue weighted by Gasteiger charge is -2.29. The smallest absolute Gasteiger partial charge is 0.000577 e. The first kappa shape index (κ1) is 14.5. The maximum atomic E-state index is 5.90. The van der Waals surface area contributed by atoms with Crippen LogP contribution < -0.4 is 5.73 Å². The quantitative estimate of drug-likeness (QED) is 0.901. The van der Waals surface area contributed by atoms with E-state index >= 15 is 0 Å². The lowest BCUT2D eigenvalue weighted by atomic mass is 9.85. The van der Waals surface area contributed by atoms with Gasteiger partial charge in [-0.3, -0.25) is 0 Å². The molecule has 2 rings (SSSR count). The van der Waals surface area contributed by atoms with Crippen molar-refractivity contribution < 1.29 is 0 Å². The standard InChI is InChI=1S/C17H28N2/c1-13(2)17(12-18)16-6-4-14(5-7-16)15-8-10-19(3)11-9-15/h4-7,13,15,17H,8-12,18H2,1-3H3. The van der Waals surface area contributed by atoms with Crippen LogP contribution in [0.25, 0.3) is 0 Å². The summed E-state index contributed by atoms with van der Waals surface area (Å²) in [6, 6.07) is 9.25. The van der Waals surface area contributed by atoms with Gasteiger partial charge in [-0.15, -0.1) is 0 Å². The second-order valence-corrected chi connectivity index (χ2v) is 6.33. The van der Waals surface area contributed by atoms with Crippen LogP contribution in [0.5, 0.6) is 0 Å². The van der Waals surface area contributed by atoms with E-state index in [-0.39, 0.29) is 0 Å². The Bertz CT molecular complexity index is 375. The van der Waals surface area contributed by atoms with Gasteiger partial charge in [0.05, 0.1) is 0 Å². The summed E-state index contributed by atoms with van der Waals surface area (Å²) in [5, 5.41) is 0. The molecule has 2 heteroatoms. The van der Waals surface area contributed by atoms with Crippen molar-refractivity contribution in [1.82, 2.24) is 4.90 Å². The topological polar surface area (TPSA) is 29.3 Å². The summed E-state index contributed by atoms with van der Waals surface area (Å²) in [5.41, 5.74) is 8.80. The molecule has 1 fully saturated rings. The number of nitrogens with zero attached hydrogens (tertiary/aromatic N) is 1. The molecule has 1 unspecified atom stereocenters. The van der Waals surface area contributed by atoms with Crippen molar-refractivity contribution in [3.8, 4) is 0 Å². The summed E-state index contributed by atoms with van der Waals surface area (Å²) in [4.78, 5) is 2.42. The summed E-state index contributed by atoms with van der Waals surface area (Å²) in [5.74, 6) is 1.85. The number of likely N-dealkylation sites (tertiary alicyclic amines) is 1. The molecule has 0 spiro atoms. The van der Waals surface area contributed by atoms with Crippen LogP contribution in [0.15, 0.2) is 24.3 Å². The van der Waals surface area contributed by atoms with Crippen LogP contribution in [0.2, 0.25) is 0 Å². The van der Waals surface area contributed by atoms with Crippen LogP contribution in [0.3, 0.4) is 0 Å². The fourth-order valence-electron chi connectivity index (χ4n) is 3.15. The van der Waals surface area contributed by atoms with Crippen LogP contribution >= 0.6 is 0 Å². The zero-order valence-corrected chi connectivity index (χ0v) is 12.6. The third kappa shape index (κ3) is 3.58. The number of hydrogen-bond acceptors (Lipinski definition) is 2. The Morgan fingerprint density at radius 3 is 2.21 bits per heavy atom. The molecule has 2 nitrogen and oxygen atoms in total. The molecule has 1 saturated heterocycles. The summed E-state index contributed by atoms with van der Waals surface area (Å²) < 4.78 is 0. The molecule has 0 bridgehead atoms. The van der Waals surface area contributed by atoms with E-state index in [1.165, 1.54) is 37.1 Å². The van der Waals surface area contributed by atoms with Gasteiger partial charge in [0.15, 0.2) is 0 Å². The van der Waals surface area contributed by atoms with Crippen LogP contribution in [-0.2, 0) is 0 Å². The largest absolute Gasteiger partial charge is 0.330 e. The zero-order chi connectivity index (χ0) is 13.8. The van der Waals surface area contributed by atoms with E-state index in [0.717, 1.165) is 12.5 Å². The second-order valence-electron chi connectivity index (χ2n) is 6.33. The molecular formula is C17H28N2. The Hall–Kier alpha value is -0.860. The molecule has 1 aliphatic heterocycles. The molecular weight excluding hydrogens is 232 g/mol. The Labute approximate surface area is 118 Å². The SMILES string of the molecule is CC(C)C(CN)c1ccc(C2CCN(C)CC2)cc1. The van der Waals surface area contributed by atoms with E-state index in [1.54, 1.807) is 0 Å². The molecule has 106 valence electrons. The third-order valence-corrected chi connectivity index (χ3v) is 4.61. The molecule has 1 heterocycles. The van der Waals surface area contributed by atoms with Crippen LogP contribution in [0.1, 0.15) is 49.7 Å². The van der Waals surface area contributed by atoms with Crippen molar-refractivity contribution in [1.29, 1.82) is 0 Å². The number of benzene rings is 1. The highest BCUT2D eigenvalue weighted by molar-refractivity contribution is 5.28. The van der Waals surface area contributed by atoms with Gasteiger partial charge in [0.1, 0.15) is 0 Å². The first-order valence-corrected chi connectivity index (χ1v) is 7.60. The van der Waals surface area contributed by atoms with Crippen molar-refractivity contribution >= 4 is 0 Å². The highest BCUT2D eigenvalue weighted by Gasteiger charge is 2.19. The van der Waals surface area contributed by atoms with E-state index in [1.807, 2.05) is 0 Å². The molecule has 19 heavy (non-hydrogen) atoms. The Balaban J connectivity index is 2.05. The third-order valence-electron chi connectivity index (χ3n) is 4.61. The predicted octanol–water partition coefficient (Wildman–Crippen LogP) is 3.19. The average Bonchev–Trinajstić information content (AvgIpc) is 2.41. The first-order chi connectivity index (χ1) is 9.11. The number of rotatable bonds is 4. The van der Waals surface area contributed by atoms with Crippen molar-refractivity contribution in [2.75, 3.05) is 26.7 Å². The number of piperidine rings is 1. The summed E-state index contributed by atoms with van der Waals surface area (Å²) >= 11 is 0. The van der Waals surface area contributed by atoms with Crippen molar-refractivity contribution in [3.63, 3.8) is 0 Å². The Morgan fingerprint density at radius 2 is 1.74 bits per heavy atom. The summed E-state index contributed by atoms with van der Waals surface area (Å²) in [6.07, 6.45) is 2.58. The summed E-state index contributed by atoms with van der Waals surface area (Å²) in [7, 11) is 2.22. The highest BCUT2D eigenvalue weighted by atomic mass is 15.1. The maximum absolute atomic E-state index is 5.90. The van der Waals surface area contributed by atoms with Crippen LogP contribution in [0.4, 0.5) is 0 Å². The lowest BCUT2D eigenvalue weighted by molar-refractivity contribution is 0.255. The minimum atomic E-state index is 0.492. The van der Waals surface area contributed by atoms with E-state index in [2.05, 4.69) is 50.1 Å². The fraction of sp³-hybridized carbons (Fsp3) is 0.647. The minimum Gasteiger partial charge on any atom is -0.330 e. The highest BCUT2D eigenvalue weighted by Crippen LogP contribution is 2.30. The number of nitrogens with two attached hydrogens (primary N) is 1. The fourth-order valence-corrected chi connectivity index (χ4v) is 3.15. The second kappa shape index (κ2) is 6.53. The molecule has 0 amide bonds. The van der Waals surface area contributed by atoms with Crippen molar-refractivity contribution in [2.45, 2.75) is 38.5 Å². The normalized spacial score (nSPS) is 19.8. The summed E-state index contributed by atoms with van der Waals surface area (Å²) in [6.45, 7) is 7.70. The number of hydrogen-bond donors (Lipinski definition) is 1. The van der Waals surface area contributed by atoms with Gasteiger partial charge in [-0.05, 0) is 68.4 Å². The molecule has 0 aromatic heterocycles. The van der Waals surface area contributed by atoms with Gasteiger partial charge in [-0.1, -0.05) is 38.1 Å². The van der Waals surface area contributed by atoms with Gasteiger partial charge in [-0.25, -0.2) is 0 Å². The average molecular weight is 260 g/mol. The van der Waals surface area contributed by atoms with Crippen molar-refractivity contribution in [2.24, 2.45) is 11.7 Å². The predicted molar refractivity (Wildman–Crippen MR) is 82.5 cm³/mol. The molecule has 1 aromatic carbocycles. The lowest BCUT2D eigenvalue weighted by Crippen LogP contribution is -2.29. The van der Waals surface area contributed by atoms with Crippen LogP contribution in [-0.4, -0.2) is 31.6 Å². The maximum Gasteiger partial charge on any atom is -0.000577 e. The van der Waals surface area contributed by atoms with Gasteiger partial charge >= 0.3 is 0 Å². The molecule has 0 saturated carbocycles.